The maximum atomic E-state index is 6.86. The summed E-state index contributed by atoms with van der Waals surface area (Å²) in [6.07, 6.45) is 3.61. The molecular weight excluding hydrogens is 488 g/mol. The first-order valence-electron chi connectivity index (χ1n) is 12.4. The van der Waals surface area contributed by atoms with Gasteiger partial charge >= 0.3 is 0 Å². The Labute approximate surface area is 224 Å². The van der Waals surface area contributed by atoms with E-state index >= 15 is 0 Å². The second kappa shape index (κ2) is 9.25. The van der Waals surface area contributed by atoms with Gasteiger partial charge in [-0.2, -0.15) is 0 Å². The minimum Gasteiger partial charge on any atom is -0.293 e. The second-order valence-electron chi connectivity index (χ2n) is 9.05. The van der Waals surface area contributed by atoms with E-state index in [0.29, 0.717) is 10.8 Å². The quantitative estimate of drug-likeness (QED) is 0.239. The predicted molar refractivity (Wildman–Crippen MR) is 155 cm³/mol. The predicted octanol–water partition coefficient (Wildman–Crippen LogP) is 8.62. The average Bonchev–Trinajstić information content (AvgIpc) is 3.32. The Kier molecular flexibility index (Phi) is 5.46. The molecule has 5 heteroatoms. The fourth-order valence-electron chi connectivity index (χ4n) is 5.10. The standard InChI is InChI=1S/C33H21ClN4/c34-27-17-7-4-16-26(27)30-31(23-13-10-20-35-21-23)36-32(22-11-2-1-3-12-22)37-33(30)38-28-18-8-5-14-24(28)25-15-6-9-19-29(25)38/h1-21H. The maximum Gasteiger partial charge on any atom is 0.162 e. The van der Waals surface area contributed by atoms with Crippen LogP contribution in [0.4, 0.5) is 0 Å². The van der Waals surface area contributed by atoms with Crippen LogP contribution in [0.2, 0.25) is 5.02 Å². The van der Waals surface area contributed by atoms with E-state index in [1.165, 1.54) is 0 Å². The van der Waals surface area contributed by atoms with E-state index < -0.39 is 0 Å². The van der Waals surface area contributed by atoms with Crippen LogP contribution in [0.15, 0.2) is 128 Å². The highest BCUT2D eigenvalue weighted by molar-refractivity contribution is 6.33. The number of rotatable bonds is 4. The Morgan fingerprint density at radius 2 is 1.21 bits per heavy atom. The van der Waals surface area contributed by atoms with Crippen LogP contribution >= 0.6 is 11.6 Å². The Balaban J connectivity index is 1.70. The number of para-hydroxylation sites is 2. The highest BCUT2D eigenvalue weighted by Gasteiger charge is 2.24. The van der Waals surface area contributed by atoms with Crippen LogP contribution in [0.1, 0.15) is 0 Å². The van der Waals surface area contributed by atoms with Gasteiger partial charge in [0.15, 0.2) is 5.82 Å². The minimum atomic E-state index is 0.635. The van der Waals surface area contributed by atoms with E-state index in [-0.39, 0.29) is 0 Å². The van der Waals surface area contributed by atoms with Gasteiger partial charge in [-0.1, -0.05) is 96.5 Å². The van der Waals surface area contributed by atoms with Gasteiger partial charge in [0, 0.05) is 44.9 Å². The minimum absolute atomic E-state index is 0.635. The summed E-state index contributed by atoms with van der Waals surface area (Å²) in [7, 11) is 0. The summed E-state index contributed by atoms with van der Waals surface area (Å²) in [5.74, 6) is 1.40. The molecule has 0 atom stereocenters. The molecule has 180 valence electrons. The van der Waals surface area contributed by atoms with Crippen LogP contribution in [0.25, 0.3) is 61.4 Å². The van der Waals surface area contributed by atoms with E-state index in [9.17, 15) is 0 Å². The lowest BCUT2D eigenvalue weighted by Crippen LogP contribution is -2.07. The lowest BCUT2D eigenvalue weighted by atomic mass is 9.99. The summed E-state index contributed by atoms with van der Waals surface area (Å²) in [4.78, 5) is 14.8. The van der Waals surface area contributed by atoms with Crippen LogP contribution in [0.5, 0.6) is 0 Å². The normalized spacial score (nSPS) is 11.3. The fraction of sp³-hybridized carbons (Fsp3) is 0. The number of pyridine rings is 1. The van der Waals surface area contributed by atoms with E-state index in [4.69, 9.17) is 21.6 Å². The van der Waals surface area contributed by atoms with Gasteiger partial charge < -0.3 is 0 Å². The van der Waals surface area contributed by atoms with Crippen molar-refractivity contribution < 1.29 is 0 Å². The van der Waals surface area contributed by atoms with Crippen LogP contribution in [0, 0.1) is 0 Å². The Bertz CT molecular complexity index is 1880. The SMILES string of the molecule is Clc1ccccc1-c1c(-c2cccnc2)nc(-c2ccccc2)nc1-n1c2ccccc2c2ccccc21. The molecule has 7 rings (SSSR count). The molecule has 0 fully saturated rings. The second-order valence-corrected chi connectivity index (χ2v) is 9.46. The largest absolute Gasteiger partial charge is 0.293 e. The number of halogens is 1. The molecule has 3 aromatic heterocycles. The summed E-state index contributed by atoms with van der Waals surface area (Å²) in [5.41, 5.74) is 6.46. The number of hydrogen-bond acceptors (Lipinski definition) is 3. The van der Waals surface area contributed by atoms with E-state index in [0.717, 1.165) is 55.6 Å². The fourth-order valence-corrected chi connectivity index (χ4v) is 5.33. The summed E-state index contributed by atoms with van der Waals surface area (Å²) in [6, 6.07) is 38.8. The molecule has 3 heterocycles. The lowest BCUT2D eigenvalue weighted by Gasteiger charge is -2.19. The van der Waals surface area contributed by atoms with Crippen LogP contribution in [0.3, 0.4) is 0 Å². The summed E-state index contributed by atoms with van der Waals surface area (Å²) >= 11 is 6.86. The van der Waals surface area contributed by atoms with Gasteiger partial charge in [0.2, 0.25) is 0 Å². The van der Waals surface area contributed by atoms with Crippen molar-refractivity contribution in [3.63, 3.8) is 0 Å². The smallest absolute Gasteiger partial charge is 0.162 e. The molecule has 0 amide bonds. The van der Waals surface area contributed by atoms with Crippen molar-refractivity contribution in [2.45, 2.75) is 0 Å². The molecule has 38 heavy (non-hydrogen) atoms. The monoisotopic (exact) mass is 508 g/mol. The summed E-state index contributed by atoms with van der Waals surface area (Å²) < 4.78 is 2.23. The van der Waals surface area contributed by atoms with Crippen LogP contribution in [-0.4, -0.2) is 19.5 Å². The van der Waals surface area contributed by atoms with Gasteiger partial charge in [0.1, 0.15) is 5.82 Å². The Hall–Kier alpha value is -4.80. The first kappa shape index (κ1) is 22.4. The number of aromatic nitrogens is 4. The molecule has 4 nitrogen and oxygen atoms in total. The zero-order valence-corrected chi connectivity index (χ0v) is 21.0. The van der Waals surface area contributed by atoms with Crippen molar-refractivity contribution in [1.82, 2.24) is 19.5 Å². The maximum absolute atomic E-state index is 6.86. The third-order valence-corrected chi connectivity index (χ3v) is 7.12. The molecule has 0 unspecified atom stereocenters. The average molecular weight is 509 g/mol. The summed E-state index contributed by atoms with van der Waals surface area (Å²) in [5, 5.41) is 2.96. The highest BCUT2D eigenvalue weighted by atomic mass is 35.5. The molecule has 0 aliphatic carbocycles. The van der Waals surface area contributed by atoms with Crippen LogP contribution < -0.4 is 0 Å². The van der Waals surface area contributed by atoms with Gasteiger partial charge in [0.05, 0.1) is 22.3 Å². The third-order valence-electron chi connectivity index (χ3n) is 6.79. The van der Waals surface area contributed by atoms with Crippen LogP contribution in [-0.2, 0) is 0 Å². The van der Waals surface area contributed by atoms with Crippen molar-refractivity contribution in [3.8, 4) is 39.6 Å². The van der Waals surface area contributed by atoms with Gasteiger partial charge in [-0.25, -0.2) is 9.97 Å². The summed E-state index contributed by atoms with van der Waals surface area (Å²) in [6.45, 7) is 0. The van der Waals surface area contributed by atoms with E-state index in [1.54, 1.807) is 6.20 Å². The first-order chi connectivity index (χ1) is 18.8. The zero-order valence-electron chi connectivity index (χ0n) is 20.3. The zero-order chi connectivity index (χ0) is 25.5. The van der Waals surface area contributed by atoms with E-state index in [1.807, 2.05) is 72.9 Å². The van der Waals surface area contributed by atoms with Gasteiger partial charge in [0.25, 0.3) is 0 Å². The van der Waals surface area contributed by atoms with Crippen molar-refractivity contribution in [2.75, 3.05) is 0 Å². The van der Waals surface area contributed by atoms with Crippen molar-refractivity contribution in [1.29, 1.82) is 0 Å². The molecule has 0 bridgehead atoms. The van der Waals surface area contributed by atoms with Crippen molar-refractivity contribution in [3.05, 3.63) is 133 Å². The molecular formula is C33H21ClN4. The number of nitrogens with zero attached hydrogens (tertiary/aromatic N) is 4. The molecule has 0 aliphatic rings. The number of fused-ring (bicyclic) bond motifs is 3. The number of hydrogen-bond donors (Lipinski definition) is 0. The first-order valence-corrected chi connectivity index (χ1v) is 12.8. The van der Waals surface area contributed by atoms with Gasteiger partial charge in [-0.3, -0.25) is 9.55 Å². The molecule has 0 saturated carbocycles. The third kappa shape index (κ3) is 3.66. The van der Waals surface area contributed by atoms with Crippen molar-refractivity contribution in [2.24, 2.45) is 0 Å². The Morgan fingerprint density at radius 3 is 1.89 bits per heavy atom. The molecule has 0 radical (unpaired) electrons. The highest BCUT2D eigenvalue weighted by Crippen LogP contribution is 2.42. The molecule has 0 aliphatic heterocycles. The number of benzene rings is 4. The lowest BCUT2D eigenvalue weighted by molar-refractivity contribution is 1.05. The van der Waals surface area contributed by atoms with Gasteiger partial charge in [-0.15, -0.1) is 0 Å². The molecule has 7 aromatic rings. The molecule has 0 saturated heterocycles. The van der Waals surface area contributed by atoms with Gasteiger partial charge in [-0.05, 0) is 30.3 Å². The van der Waals surface area contributed by atoms with E-state index in [2.05, 4.69) is 58.1 Å². The molecule has 0 spiro atoms. The topological polar surface area (TPSA) is 43.6 Å². The van der Waals surface area contributed by atoms with Crippen molar-refractivity contribution >= 4 is 33.4 Å². The molecule has 0 N–H and O–H groups in total. The molecule has 4 aromatic carbocycles. The Morgan fingerprint density at radius 1 is 0.579 bits per heavy atom.